The number of thiophene rings is 1. The molecule has 0 bridgehead atoms. The maximum Gasteiger partial charge on any atom is 0.0929 e. The Morgan fingerprint density at radius 3 is 3.42 bits per heavy atom. The lowest BCUT2D eigenvalue weighted by molar-refractivity contribution is 0.926. The van der Waals surface area contributed by atoms with Gasteiger partial charge in [-0.15, -0.1) is 11.3 Å². The Bertz CT molecular complexity index is 373. The largest absolute Gasteiger partial charge is 0.348 e. The van der Waals surface area contributed by atoms with Crippen LogP contribution in [0.15, 0.2) is 17.8 Å². The molecule has 0 aliphatic heterocycles. The van der Waals surface area contributed by atoms with Crippen molar-refractivity contribution in [2.75, 3.05) is 0 Å². The van der Waals surface area contributed by atoms with Crippen LogP contribution in [-0.4, -0.2) is 9.97 Å². The van der Waals surface area contributed by atoms with Gasteiger partial charge in [0.2, 0.25) is 0 Å². The Labute approximate surface area is 74.3 Å². The van der Waals surface area contributed by atoms with Crippen molar-refractivity contribution in [2.24, 2.45) is 0 Å². The molecular formula is C9H8N2S. The maximum absolute atomic E-state index is 4.32. The van der Waals surface area contributed by atoms with Crippen LogP contribution in [0.4, 0.5) is 0 Å². The Kier molecular flexibility index (Phi) is 1.18. The molecule has 0 saturated heterocycles. The van der Waals surface area contributed by atoms with Crippen LogP contribution in [0.5, 0.6) is 0 Å². The van der Waals surface area contributed by atoms with Gasteiger partial charge in [-0.2, -0.15) is 0 Å². The molecule has 2 aromatic heterocycles. The van der Waals surface area contributed by atoms with Crippen molar-refractivity contribution in [3.63, 3.8) is 0 Å². The minimum absolute atomic E-state index is 1.11. The number of aryl methyl sites for hydroxylation is 2. The SMILES string of the molecule is c1nc2c([nH]1)CCc1sccc1-2. The molecule has 0 fully saturated rings. The summed E-state index contributed by atoms with van der Waals surface area (Å²) in [5, 5.41) is 2.15. The van der Waals surface area contributed by atoms with Crippen LogP contribution in [0.3, 0.4) is 0 Å². The summed E-state index contributed by atoms with van der Waals surface area (Å²) in [5.74, 6) is 0. The topological polar surface area (TPSA) is 28.7 Å². The summed E-state index contributed by atoms with van der Waals surface area (Å²) in [5.41, 5.74) is 3.79. The third kappa shape index (κ3) is 0.716. The van der Waals surface area contributed by atoms with E-state index < -0.39 is 0 Å². The normalized spacial score (nSPS) is 14.0. The molecule has 60 valence electrons. The van der Waals surface area contributed by atoms with Crippen LogP contribution < -0.4 is 0 Å². The number of nitrogens with zero attached hydrogens (tertiary/aromatic N) is 1. The molecule has 2 heterocycles. The van der Waals surface area contributed by atoms with Crippen molar-refractivity contribution < 1.29 is 0 Å². The number of H-pyrrole nitrogens is 1. The molecular weight excluding hydrogens is 168 g/mol. The van der Waals surface area contributed by atoms with Gasteiger partial charge in [0, 0.05) is 16.1 Å². The fraction of sp³-hybridized carbons (Fsp3) is 0.222. The molecule has 2 nitrogen and oxygen atoms in total. The number of aromatic amines is 1. The fourth-order valence-electron chi connectivity index (χ4n) is 1.73. The molecule has 3 heteroatoms. The van der Waals surface area contributed by atoms with E-state index in [4.69, 9.17) is 0 Å². The summed E-state index contributed by atoms with van der Waals surface area (Å²) in [6, 6.07) is 2.17. The number of rotatable bonds is 0. The van der Waals surface area contributed by atoms with Crippen molar-refractivity contribution in [1.29, 1.82) is 0 Å². The molecule has 0 amide bonds. The molecule has 0 aromatic carbocycles. The second-order valence-electron chi connectivity index (χ2n) is 2.99. The van der Waals surface area contributed by atoms with Gasteiger partial charge in [-0.25, -0.2) is 4.98 Å². The first-order chi connectivity index (χ1) is 5.95. The number of nitrogens with one attached hydrogen (secondary N) is 1. The van der Waals surface area contributed by atoms with Crippen molar-refractivity contribution in [1.82, 2.24) is 9.97 Å². The van der Waals surface area contributed by atoms with Crippen molar-refractivity contribution >= 4 is 11.3 Å². The number of hydrogen-bond acceptors (Lipinski definition) is 2. The van der Waals surface area contributed by atoms with E-state index in [1.165, 1.54) is 22.6 Å². The Morgan fingerprint density at radius 1 is 1.42 bits per heavy atom. The van der Waals surface area contributed by atoms with Gasteiger partial charge in [0.05, 0.1) is 12.0 Å². The summed E-state index contributed by atoms with van der Waals surface area (Å²) in [7, 11) is 0. The molecule has 1 N–H and O–H groups in total. The van der Waals surface area contributed by atoms with E-state index >= 15 is 0 Å². The first kappa shape index (κ1) is 6.43. The first-order valence-corrected chi connectivity index (χ1v) is 4.92. The lowest BCUT2D eigenvalue weighted by atomic mass is 10.0. The van der Waals surface area contributed by atoms with Crippen LogP contribution >= 0.6 is 11.3 Å². The van der Waals surface area contributed by atoms with E-state index in [1.807, 2.05) is 11.3 Å². The number of aromatic nitrogens is 2. The molecule has 12 heavy (non-hydrogen) atoms. The summed E-state index contributed by atoms with van der Waals surface area (Å²) in [6.45, 7) is 0. The van der Waals surface area contributed by atoms with E-state index in [0.29, 0.717) is 0 Å². The number of hydrogen-bond donors (Lipinski definition) is 1. The quantitative estimate of drug-likeness (QED) is 0.655. The smallest absolute Gasteiger partial charge is 0.0929 e. The van der Waals surface area contributed by atoms with Crippen molar-refractivity contribution in [2.45, 2.75) is 12.8 Å². The van der Waals surface area contributed by atoms with Gasteiger partial charge in [0.15, 0.2) is 0 Å². The predicted octanol–water partition coefficient (Wildman–Crippen LogP) is 2.24. The molecule has 1 aliphatic carbocycles. The van der Waals surface area contributed by atoms with E-state index in [-0.39, 0.29) is 0 Å². The lowest BCUT2D eigenvalue weighted by Crippen LogP contribution is -1.99. The summed E-state index contributed by atoms with van der Waals surface area (Å²) >= 11 is 1.84. The van der Waals surface area contributed by atoms with Gasteiger partial charge in [0.25, 0.3) is 0 Å². The second kappa shape index (κ2) is 2.20. The highest BCUT2D eigenvalue weighted by Crippen LogP contribution is 2.34. The zero-order chi connectivity index (χ0) is 7.97. The number of imidazole rings is 1. The average Bonchev–Trinajstić information content (AvgIpc) is 2.71. The third-order valence-electron chi connectivity index (χ3n) is 2.32. The highest BCUT2D eigenvalue weighted by Gasteiger charge is 2.18. The van der Waals surface area contributed by atoms with E-state index in [9.17, 15) is 0 Å². The van der Waals surface area contributed by atoms with Crippen LogP contribution in [0.2, 0.25) is 0 Å². The standard InChI is InChI=1S/C9H8N2S/c1-2-8-6(3-4-12-8)9-7(1)10-5-11-9/h3-5H,1-2H2,(H,10,11). The molecule has 0 radical (unpaired) electrons. The first-order valence-electron chi connectivity index (χ1n) is 4.04. The summed E-state index contributed by atoms with van der Waals surface area (Å²) in [4.78, 5) is 8.98. The van der Waals surface area contributed by atoms with E-state index in [1.54, 1.807) is 6.33 Å². The third-order valence-corrected chi connectivity index (χ3v) is 3.30. The highest BCUT2D eigenvalue weighted by atomic mass is 32.1. The fourth-order valence-corrected chi connectivity index (χ4v) is 2.61. The molecule has 0 saturated carbocycles. The molecule has 0 unspecified atom stereocenters. The van der Waals surface area contributed by atoms with Gasteiger partial charge in [0.1, 0.15) is 0 Å². The number of fused-ring (bicyclic) bond motifs is 3. The van der Waals surface area contributed by atoms with Crippen LogP contribution in [0, 0.1) is 0 Å². The zero-order valence-electron chi connectivity index (χ0n) is 6.50. The van der Waals surface area contributed by atoms with Gasteiger partial charge in [-0.3, -0.25) is 0 Å². The summed E-state index contributed by atoms with van der Waals surface area (Å²) in [6.07, 6.45) is 4.07. The Morgan fingerprint density at radius 2 is 2.42 bits per heavy atom. The Balaban J connectivity index is 2.32. The Hall–Kier alpha value is -1.09. The molecule has 2 aromatic rings. The van der Waals surface area contributed by atoms with Crippen LogP contribution in [0.25, 0.3) is 11.3 Å². The maximum atomic E-state index is 4.32. The van der Waals surface area contributed by atoms with Crippen LogP contribution in [-0.2, 0) is 12.8 Å². The van der Waals surface area contributed by atoms with Gasteiger partial charge in [-0.1, -0.05) is 0 Å². The summed E-state index contributed by atoms with van der Waals surface area (Å²) < 4.78 is 0. The monoisotopic (exact) mass is 176 g/mol. The minimum Gasteiger partial charge on any atom is -0.348 e. The molecule has 0 spiro atoms. The van der Waals surface area contributed by atoms with Crippen LogP contribution in [0.1, 0.15) is 10.6 Å². The predicted molar refractivity (Wildman–Crippen MR) is 49.3 cm³/mol. The molecule has 3 rings (SSSR count). The minimum atomic E-state index is 1.11. The van der Waals surface area contributed by atoms with Gasteiger partial charge >= 0.3 is 0 Å². The van der Waals surface area contributed by atoms with E-state index in [0.717, 1.165) is 12.1 Å². The van der Waals surface area contributed by atoms with E-state index in [2.05, 4.69) is 21.4 Å². The molecule has 0 atom stereocenters. The lowest BCUT2D eigenvalue weighted by Gasteiger charge is -2.09. The second-order valence-corrected chi connectivity index (χ2v) is 3.99. The van der Waals surface area contributed by atoms with Crippen molar-refractivity contribution in [3.05, 3.63) is 28.3 Å². The van der Waals surface area contributed by atoms with Crippen molar-refractivity contribution in [3.8, 4) is 11.3 Å². The highest BCUT2D eigenvalue weighted by molar-refractivity contribution is 7.10. The molecule has 1 aliphatic rings. The average molecular weight is 176 g/mol. The van der Waals surface area contributed by atoms with Gasteiger partial charge in [-0.05, 0) is 24.3 Å². The van der Waals surface area contributed by atoms with Gasteiger partial charge < -0.3 is 4.98 Å². The zero-order valence-corrected chi connectivity index (χ0v) is 7.32.